The fourth-order valence-corrected chi connectivity index (χ4v) is 2.78. The van der Waals surface area contributed by atoms with Gasteiger partial charge in [0.15, 0.2) is 0 Å². The van der Waals surface area contributed by atoms with Gasteiger partial charge in [-0.1, -0.05) is 24.3 Å². The van der Waals surface area contributed by atoms with Crippen molar-refractivity contribution in [3.05, 3.63) is 90.0 Å². The molecule has 0 fully saturated rings. The summed E-state index contributed by atoms with van der Waals surface area (Å²) < 4.78 is 19.1. The first-order valence-electron chi connectivity index (χ1n) is 8.82. The summed E-state index contributed by atoms with van der Waals surface area (Å²) in [6.07, 6.45) is 3.59. The maximum absolute atomic E-state index is 13.7. The molecule has 0 spiro atoms. The van der Waals surface area contributed by atoms with Crippen molar-refractivity contribution >= 4 is 11.6 Å². The molecule has 1 amide bonds. The van der Waals surface area contributed by atoms with Crippen LogP contribution in [0.2, 0.25) is 0 Å². The molecule has 0 aliphatic heterocycles. The zero-order valence-electron chi connectivity index (χ0n) is 15.1. The minimum atomic E-state index is -0.377. The van der Waals surface area contributed by atoms with Gasteiger partial charge in [-0.25, -0.2) is 4.39 Å². The number of aromatic nitrogens is 1. The lowest BCUT2D eigenvalue weighted by atomic mass is 10.1. The summed E-state index contributed by atoms with van der Waals surface area (Å²) in [5.41, 5.74) is 2.27. The molecule has 0 aliphatic rings. The average molecular weight is 364 g/mol. The van der Waals surface area contributed by atoms with Gasteiger partial charge in [0.1, 0.15) is 11.6 Å². The van der Waals surface area contributed by atoms with Gasteiger partial charge in [0.05, 0.1) is 19.6 Å². The second-order valence-electron chi connectivity index (χ2n) is 6.07. The first kappa shape index (κ1) is 18.6. The van der Waals surface area contributed by atoms with Crippen LogP contribution in [-0.2, 0) is 17.8 Å². The Hall–Kier alpha value is -3.21. The van der Waals surface area contributed by atoms with Crippen molar-refractivity contribution in [1.82, 2.24) is 4.98 Å². The SMILES string of the molecule is CCOc1ccc(CC(=O)N(Cc2cccnc2)c2cccc(F)c2)cc1. The number of ether oxygens (including phenoxy) is 1. The van der Waals surface area contributed by atoms with Gasteiger partial charge in [-0.05, 0) is 54.4 Å². The van der Waals surface area contributed by atoms with E-state index in [4.69, 9.17) is 4.74 Å². The summed E-state index contributed by atoms with van der Waals surface area (Å²) >= 11 is 0. The molecule has 2 aromatic carbocycles. The van der Waals surface area contributed by atoms with Crippen molar-refractivity contribution in [3.8, 4) is 5.75 Å². The number of benzene rings is 2. The monoisotopic (exact) mass is 364 g/mol. The Morgan fingerprint density at radius 2 is 1.89 bits per heavy atom. The molecule has 4 nitrogen and oxygen atoms in total. The van der Waals surface area contributed by atoms with Crippen molar-refractivity contribution in [2.24, 2.45) is 0 Å². The Morgan fingerprint density at radius 1 is 1.07 bits per heavy atom. The van der Waals surface area contributed by atoms with Gasteiger partial charge in [0, 0.05) is 18.1 Å². The van der Waals surface area contributed by atoms with Crippen molar-refractivity contribution in [3.63, 3.8) is 0 Å². The molecular formula is C22H21FN2O2. The number of pyridine rings is 1. The molecule has 1 heterocycles. The molecule has 0 aliphatic carbocycles. The molecule has 0 N–H and O–H groups in total. The van der Waals surface area contributed by atoms with Crippen LogP contribution in [0.1, 0.15) is 18.1 Å². The van der Waals surface area contributed by atoms with E-state index in [0.29, 0.717) is 18.8 Å². The summed E-state index contributed by atoms with van der Waals surface area (Å²) in [4.78, 5) is 18.7. The van der Waals surface area contributed by atoms with Gasteiger partial charge in [-0.15, -0.1) is 0 Å². The normalized spacial score (nSPS) is 10.4. The van der Waals surface area contributed by atoms with Crippen molar-refractivity contribution < 1.29 is 13.9 Å². The van der Waals surface area contributed by atoms with Gasteiger partial charge in [-0.2, -0.15) is 0 Å². The Kier molecular flexibility index (Phi) is 6.15. The number of amides is 1. The van der Waals surface area contributed by atoms with Crippen LogP contribution in [0, 0.1) is 5.82 Å². The number of anilines is 1. The predicted octanol–water partition coefficient (Wildman–Crippen LogP) is 4.40. The molecule has 3 rings (SSSR count). The van der Waals surface area contributed by atoms with Crippen LogP contribution in [0.3, 0.4) is 0 Å². The highest BCUT2D eigenvalue weighted by Crippen LogP contribution is 2.20. The van der Waals surface area contributed by atoms with Crippen molar-refractivity contribution in [2.45, 2.75) is 19.9 Å². The van der Waals surface area contributed by atoms with E-state index in [0.717, 1.165) is 16.9 Å². The second kappa shape index (κ2) is 8.94. The Labute approximate surface area is 158 Å². The molecule has 3 aromatic rings. The number of carbonyl (C=O) groups is 1. The molecule has 0 saturated heterocycles. The molecule has 0 atom stereocenters. The summed E-state index contributed by atoms with van der Waals surface area (Å²) in [6, 6.07) is 17.2. The fraction of sp³-hybridized carbons (Fsp3) is 0.182. The minimum absolute atomic E-state index is 0.117. The summed E-state index contributed by atoms with van der Waals surface area (Å²) in [6.45, 7) is 2.84. The molecule has 0 radical (unpaired) electrons. The van der Waals surface area contributed by atoms with Crippen LogP contribution in [-0.4, -0.2) is 17.5 Å². The zero-order valence-corrected chi connectivity index (χ0v) is 15.1. The smallest absolute Gasteiger partial charge is 0.231 e. The molecule has 0 unspecified atom stereocenters. The van der Waals surface area contributed by atoms with Gasteiger partial charge in [0.2, 0.25) is 5.91 Å². The standard InChI is InChI=1S/C22H21FN2O2/c1-2-27-21-10-8-17(9-11-21)13-22(26)25(16-18-5-4-12-24-15-18)20-7-3-6-19(23)14-20/h3-12,14-15H,2,13,16H2,1H3. The van der Waals surface area contributed by atoms with E-state index in [1.807, 2.05) is 43.3 Å². The number of nitrogens with zero attached hydrogens (tertiary/aromatic N) is 2. The quantitative estimate of drug-likeness (QED) is 0.624. The number of hydrogen-bond donors (Lipinski definition) is 0. The third-order valence-corrected chi connectivity index (χ3v) is 4.07. The van der Waals surface area contributed by atoms with E-state index < -0.39 is 0 Å². The van der Waals surface area contributed by atoms with Crippen LogP contribution in [0.15, 0.2) is 73.1 Å². The van der Waals surface area contributed by atoms with E-state index in [1.54, 1.807) is 29.4 Å². The lowest BCUT2D eigenvalue weighted by molar-refractivity contribution is -0.118. The second-order valence-corrected chi connectivity index (χ2v) is 6.07. The van der Waals surface area contributed by atoms with E-state index in [-0.39, 0.29) is 18.1 Å². The predicted molar refractivity (Wildman–Crippen MR) is 103 cm³/mol. The van der Waals surface area contributed by atoms with Gasteiger partial charge in [0.25, 0.3) is 0 Å². The molecule has 1 aromatic heterocycles. The molecule has 5 heteroatoms. The zero-order chi connectivity index (χ0) is 19.1. The van der Waals surface area contributed by atoms with Gasteiger partial charge < -0.3 is 9.64 Å². The number of hydrogen-bond acceptors (Lipinski definition) is 3. The topological polar surface area (TPSA) is 42.4 Å². The highest BCUT2D eigenvalue weighted by molar-refractivity contribution is 5.94. The molecule has 0 bridgehead atoms. The lowest BCUT2D eigenvalue weighted by Gasteiger charge is -2.23. The van der Waals surface area contributed by atoms with Crippen LogP contribution >= 0.6 is 0 Å². The fourth-order valence-electron chi connectivity index (χ4n) is 2.78. The maximum atomic E-state index is 13.7. The van der Waals surface area contributed by atoms with E-state index in [2.05, 4.69) is 4.98 Å². The summed E-state index contributed by atoms with van der Waals surface area (Å²) in [7, 11) is 0. The Balaban J connectivity index is 1.81. The minimum Gasteiger partial charge on any atom is -0.494 e. The van der Waals surface area contributed by atoms with E-state index in [9.17, 15) is 9.18 Å². The molecular weight excluding hydrogens is 343 g/mol. The number of rotatable bonds is 7. The average Bonchev–Trinajstić information content (AvgIpc) is 2.68. The lowest BCUT2D eigenvalue weighted by Crippen LogP contribution is -2.31. The van der Waals surface area contributed by atoms with Crippen LogP contribution in [0.25, 0.3) is 0 Å². The highest BCUT2D eigenvalue weighted by atomic mass is 19.1. The Bertz CT molecular complexity index is 882. The van der Waals surface area contributed by atoms with Crippen LogP contribution < -0.4 is 9.64 Å². The highest BCUT2D eigenvalue weighted by Gasteiger charge is 2.17. The largest absolute Gasteiger partial charge is 0.494 e. The third-order valence-electron chi connectivity index (χ3n) is 4.07. The van der Waals surface area contributed by atoms with E-state index in [1.165, 1.54) is 12.1 Å². The van der Waals surface area contributed by atoms with Crippen LogP contribution in [0.5, 0.6) is 5.75 Å². The number of carbonyl (C=O) groups excluding carboxylic acids is 1. The summed E-state index contributed by atoms with van der Waals surface area (Å²) in [5.74, 6) is 0.275. The Morgan fingerprint density at radius 3 is 2.56 bits per heavy atom. The maximum Gasteiger partial charge on any atom is 0.231 e. The van der Waals surface area contributed by atoms with Crippen LogP contribution in [0.4, 0.5) is 10.1 Å². The third kappa shape index (κ3) is 5.14. The van der Waals surface area contributed by atoms with Gasteiger partial charge >= 0.3 is 0 Å². The van der Waals surface area contributed by atoms with Crippen molar-refractivity contribution in [2.75, 3.05) is 11.5 Å². The molecule has 0 saturated carbocycles. The van der Waals surface area contributed by atoms with Gasteiger partial charge in [-0.3, -0.25) is 9.78 Å². The van der Waals surface area contributed by atoms with E-state index >= 15 is 0 Å². The number of halogens is 1. The molecule has 27 heavy (non-hydrogen) atoms. The summed E-state index contributed by atoms with van der Waals surface area (Å²) in [5, 5.41) is 0. The van der Waals surface area contributed by atoms with Crippen molar-refractivity contribution in [1.29, 1.82) is 0 Å². The first-order chi connectivity index (χ1) is 13.2. The molecule has 138 valence electrons. The first-order valence-corrected chi connectivity index (χ1v) is 8.82.